The summed E-state index contributed by atoms with van der Waals surface area (Å²) >= 11 is 0. The molecule has 2 unspecified atom stereocenters. The van der Waals surface area contributed by atoms with Crippen LogP contribution in [0.5, 0.6) is 0 Å². The summed E-state index contributed by atoms with van der Waals surface area (Å²) in [6, 6.07) is 16.6. The zero-order valence-corrected chi connectivity index (χ0v) is 15.6. The fourth-order valence-electron chi connectivity index (χ4n) is 2.41. The van der Waals surface area contributed by atoms with Gasteiger partial charge in [0.25, 0.3) is 11.8 Å². The van der Waals surface area contributed by atoms with E-state index in [4.69, 9.17) is 10.00 Å². The average Bonchev–Trinajstić information content (AvgIpc) is 2.68. The number of hydrogen-bond acceptors (Lipinski definition) is 5. The third kappa shape index (κ3) is 6.25. The zero-order chi connectivity index (χ0) is 20.5. The fourth-order valence-corrected chi connectivity index (χ4v) is 2.41. The molecule has 0 aliphatic rings. The fraction of sp³-hybridized carbons (Fsp3) is 0.238. The molecule has 7 heteroatoms. The first kappa shape index (κ1) is 20.6. The summed E-state index contributed by atoms with van der Waals surface area (Å²) in [5, 5.41) is 14.2. The maximum absolute atomic E-state index is 12.2. The second-order valence-corrected chi connectivity index (χ2v) is 6.26. The number of anilines is 1. The molecule has 0 radical (unpaired) electrons. The van der Waals surface area contributed by atoms with Crippen LogP contribution in [0, 0.1) is 11.3 Å². The highest BCUT2D eigenvalue weighted by molar-refractivity contribution is 5.96. The first-order valence-electron chi connectivity index (χ1n) is 8.75. The van der Waals surface area contributed by atoms with Crippen LogP contribution in [0.3, 0.4) is 0 Å². The molecule has 0 aliphatic heterocycles. The van der Waals surface area contributed by atoms with Crippen molar-refractivity contribution in [1.82, 2.24) is 5.32 Å². The van der Waals surface area contributed by atoms with E-state index in [9.17, 15) is 14.4 Å². The molecule has 2 rings (SSSR count). The van der Waals surface area contributed by atoms with E-state index in [-0.39, 0.29) is 12.3 Å². The van der Waals surface area contributed by atoms with Crippen molar-refractivity contribution >= 4 is 23.5 Å². The van der Waals surface area contributed by atoms with Gasteiger partial charge in [-0.15, -0.1) is 0 Å². The van der Waals surface area contributed by atoms with Crippen LogP contribution in [0.4, 0.5) is 5.69 Å². The van der Waals surface area contributed by atoms with Crippen molar-refractivity contribution < 1.29 is 19.1 Å². The second-order valence-electron chi connectivity index (χ2n) is 6.26. The predicted molar refractivity (Wildman–Crippen MR) is 103 cm³/mol. The van der Waals surface area contributed by atoms with E-state index < -0.39 is 24.0 Å². The van der Waals surface area contributed by atoms with Gasteiger partial charge in [-0.2, -0.15) is 5.26 Å². The number of benzene rings is 2. The van der Waals surface area contributed by atoms with Gasteiger partial charge in [0.2, 0.25) is 0 Å². The first-order valence-corrected chi connectivity index (χ1v) is 8.75. The number of ether oxygens (including phenoxy) is 1. The number of amides is 2. The average molecular weight is 379 g/mol. The van der Waals surface area contributed by atoms with Crippen molar-refractivity contribution in [2.24, 2.45) is 0 Å². The van der Waals surface area contributed by atoms with E-state index in [1.807, 2.05) is 6.07 Å². The minimum Gasteiger partial charge on any atom is -0.452 e. The van der Waals surface area contributed by atoms with Gasteiger partial charge in [0.1, 0.15) is 0 Å². The van der Waals surface area contributed by atoms with Crippen molar-refractivity contribution in [1.29, 1.82) is 5.26 Å². The second kappa shape index (κ2) is 9.88. The van der Waals surface area contributed by atoms with Crippen LogP contribution in [0.2, 0.25) is 0 Å². The number of nitriles is 1. The Kier molecular flexibility index (Phi) is 7.28. The Morgan fingerprint density at radius 2 is 1.79 bits per heavy atom. The molecule has 2 aromatic carbocycles. The maximum atomic E-state index is 12.2. The standard InChI is InChI=1S/C21H21N3O4/c1-14(23-21(27)17-8-4-3-5-9-17)11-19(25)28-15(2)20(26)24-18-10-6-7-16(12-18)13-22/h3-10,12,14-15H,11H2,1-2H3,(H,23,27)(H,24,26). The molecule has 2 atom stereocenters. The number of nitrogens with one attached hydrogen (secondary N) is 2. The van der Waals surface area contributed by atoms with Gasteiger partial charge in [-0.3, -0.25) is 14.4 Å². The minimum atomic E-state index is -1.02. The molecule has 0 spiro atoms. The molecule has 0 fully saturated rings. The highest BCUT2D eigenvalue weighted by Crippen LogP contribution is 2.11. The van der Waals surface area contributed by atoms with E-state index >= 15 is 0 Å². The van der Waals surface area contributed by atoms with Crippen LogP contribution < -0.4 is 10.6 Å². The van der Waals surface area contributed by atoms with E-state index in [2.05, 4.69) is 10.6 Å². The van der Waals surface area contributed by atoms with Gasteiger partial charge in [0, 0.05) is 17.3 Å². The van der Waals surface area contributed by atoms with Gasteiger partial charge in [-0.25, -0.2) is 0 Å². The summed E-state index contributed by atoms with van der Waals surface area (Å²) in [7, 11) is 0. The normalized spacial score (nSPS) is 12.2. The number of rotatable bonds is 7. The molecule has 144 valence electrons. The van der Waals surface area contributed by atoms with E-state index in [0.29, 0.717) is 16.8 Å². The highest BCUT2D eigenvalue weighted by Gasteiger charge is 2.20. The highest BCUT2D eigenvalue weighted by atomic mass is 16.5. The molecule has 28 heavy (non-hydrogen) atoms. The molecule has 0 saturated carbocycles. The topological polar surface area (TPSA) is 108 Å². The molecular formula is C21H21N3O4. The lowest BCUT2D eigenvalue weighted by Gasteiger charge is -2.16. The maximum Gasteiger partial charge on any atom is 0.308 e. The molecule has 0 heterocycles. The van der Waals surface area contributed by atoms with Gasteiger partial charge in [-0.1, -0.05) is 24.3 Å². The number of carbonyl (C=O) groups is 3. The molecule has 2 aromatic rings. The van der Waals surface area contributed by atoms with Crippen LogP contribution in [0.1, 0.15) is 36.2 Å². The third-order valence-electron chi connectivity index (χ3n) is 3.82. The quantitative estimate of drug-likeness (QED) is 0.719. The molecule has 7 nitrogen and oxygen atoms in total. The summed E-state index contributed by atoms with van der Waals surface area (Å²) in [4.78, 5) is 36.3. The number of carbonyl (C=O) groups excluding carboxylic acids is 3. The van der Waals surface area contributed by atoms with Gasteiger partial charge in [-0.05, 0) is 44.2 Å². The number of esters is 1. The minimum absolute atomic E-state index is 0.0693. The monoisotopic (exact) mass is 379 g/mol. The molecule has 0 aliphatic carbocycles. The lowest BCUT2D eigenvalue weighted by molar-refractivity contribution is -0.153. The SMILES string of the molecule is CC(CC(=O)OC(C)C(=O)Nc1cccc(C#N)c1)NC(=O)c1ccccc1. The lowest BCUT2D eigenvalue weighted by Crippen LogP contribution is -2.36. The molecule has 0 saturated heterocycles. The van der Waals surface area contributed by atoms with Crippen molar-refractivity contribution in [3.05, 3.63) is 65.7 Å². The van der Waals surface area contributed by atoms with Gasteiger partial charge in [0.05, 0.1) is 18.1 Å². The summed E-state index contributed by atoms with van der Waals surface area (Å²) in [5.74, 6) is -1.40. The summed E-state index contributed by atoms with van der Waals surface area (Å²) in [6.45, 7) is 3.13. The van der Waals surface area contributed by atoms with Crippen LogP contribution in [0.15, 0.2) is 54.6 Å². The Morgan fingerprint density at radius 3 is 2.46 bits per heavy atom. The van der Waals surface area contributed by atoms with Crippen molar-refractivity contribution in [3.8, 4) is 6.07 Å². The zero-order valence-electron chi connectivity index (χ0n) is 15.6. The lowest BCUT2D eigenvalue weighted by atomic mass is 10.2. The number of hydrogen-bond donors (Lipinski definition) is 2. The summed E-state index contributed by atoms with van der Waals surface area (Å²) < 4.78 is 5.13. The van der Waals surface area contributed by atoms with Crippen LogP contribution in [-0.2, 0) is 14.3 Å². The summed E-state index contributed by atoms with van der Waals surface area (Å²) in [5.41, 5.74) is 1.34. The predicted octanol–water partition coefficient (Wildman–Crippen LogP) is 2.64. The molecule has 0 aromatic heterocycles. The van der Waals surface area contributed by atoms with Crippen molar-refractivity contribution in [2.45, 2.75) is 32.4 Å². The molecular weight excluding hydrogens is 358 g/mol. The van der Waals surface area contributed by atoms with Gasteiger partial charge in [0.15, 0.2) is 6.10 Å². The van der Waals surface area contributed by atoms with E-state index in [1.54, 1.807) is 55.5 Å². The van der Waals surface area contributed by atoms with Gasteiger partial charge < -0.3 is 15.4 Å². The van der Waals surface area contributed by atoms with E-state index in [1.165, 1.54) is 13.0 Å². The van der Waals surface area contributed by atoms with Crippen molar-refractivity contribution in [2.75, 3.05) is 5.32 Å². The Bertz CT molecular complexity index is 890. The first-order chi connectivity index (χ1) is 13.4. The third-order valence-corrected chi connectivity index (χ3v) is 3.82. The Balaban J connectivity index is 1.81. The Labute approximate surface area is 163 Å². The van der Waals surface area contributed by atoms with Crippen LogP contribution in [0.25, 0.3) is 0 Å². The van der Waals surface area contributed by atoms with Gasteiger partial charge >= 0.3 is 5.97 Å². The largest absolute Gasteiger partial charge is 0.452 e. The van der Waals surface area contributed by atoms with Crippen molar-refractivity contribution in [3.63, 3.8) is 0 Å². The number of nitrogens with zero attached hydrogens (tertiary/aromatic N) is 1. The smallest absolute Gasteiger partial charge is 0.308 e. The molecule has 2 amide bonds. The van der Waals surface area contributed by atoms with E-state index in [0.717, 1.165) is 0 Å². The molecule has 2 N–H and O–H groups in total. The van der Waals surface area contributed by atoms with Crippen LogP contribution in [-0.4, -0.2) is 29.9 Å². The van der Waals surface area contributed by atoms with Crippen LogP contribution >= 0.6 is 0 Å². The summed E-state index contributed by atoms with van der Waals surface area (Å²) in [6.07, 6.45) is -1.09. The Hall–Kier alpha value is -3.66. The molecule has 0 bridgehead atoms. The Morgan fingerprint density at radius 1 is 1.07 bits per heavy atom.